The fourth-order valence-electron chi connectivity index (χ4n) is 1.85. The Labute approximate surface area is 111 Å². The highest BCUT2D eigenvalue weighted by molar-refractivity contribution is 9.10. The summed E-state index contributed by atoms with van der Waals surface area (Å²) in [6.07, 6.45) is 3.32. The second-order valence-electron chi connectivity index (χ2n) is 3.90. The van der Waals surface area contributed by atoms with Crippen LogP contribution in [0.5, 0.6) is 0 Å². The van der Waals surface area contributed by atoms with Crippen LogP contribution in [-0.4, -0.2) is 0 Å². The van der Waals surface area contributed by atoms with E-state index in [1.54, 1.807) is 0 Å². The second kappa shape index (κ2) is 5.83. The maximum Gasteiger partial charge on any atom is 0.0175 e. The Balaban J connectivity index is 2.44. The van der Waals surface area contributed by atoms with Gasteiger partial charge < -0.3 is 0 Å². The highest BCUT2D eigenvalue weighted by atomic mass is 79.9. The second-order valence-corrected chi connectivity index (χ2v) is 4.81. The van der Waals surface area contributed by atoms with Gasteiger partial charge in [0.2, 0.25) is 0 Å². The van der Waals surface area contributed by atoms with Crippen molar-refractivity contribution in [1.82, 2.24) is 0 Å². The Bertz CT molecular complexity index is 495. The lowest BCUT2D eigenvalue weighted by atomic mass is 9.97. The molecule has 0 fully saturated rings. The molecule has 0 aliphatic carbocycles. The van der Waals surface area contributed by atoms with E-state index < -0.39 is 0 Å². The number of rotatable bonds is 3. The Morgan fingerprint density at radius 3 is 2.12 bits per heavy atom. The number of halogens is 1. The molecule has 86 valence electrons. The number of hydrogen-bond donors (Lipinski definition) is 0. The molecule has 2 rings (SSSR count). The van der Waals surface area contributed by atoms with Crippen LogP contribution in [0.4, 0.5) is 0 Å². The molecule has 0 amide bonds. The van der Waals surface area contributed by atoms with Gasteiger partial charge in [0.15, 0.2) is 0 Å². The van der Waals surface area contributed by atoms with Crippen LogP contribution in [0.3, 0.4) is 0 Å². The summed E-state index contributed by atoms with van der Waals surface area (Å²) >= 11 is 3.47. The number of allylic oxidation sites excluding steroid dienone is 1. The monoisotopic (exact) mass is 286 g/mol. The largest absolute Gasteiger partial charge is 0.0763 e. The molecule has 0 aromatic heterocycles. The third-order valence-corrected chi connectivity index (χ3v) is 3.18. The first-order valence-electron chi connectivity index (χ1n) is 5.83. The molecule has 0 spiro atoms. The number of benzene rings is 2. The first-order valence-corrected chi connectivity index (χ1v) is 6.62. The van der Waals surface area contributed by atoms with Gasteiger partial charge in [0.25, 0.3) is 0 Å². The molecule has 0 saturated carbocycles. The SMILES string of the molecule is CCC=C(c1ccccc1)c1ccc(Br)cc1. The van der Waals surface area contributed by atoms with Gasteiger partial charge in [-0.3, -0.25) is 0 Å². The van der Waals surface area contributed by atoms with Crippen LogP contribution in [0.25, 0.3) is 5.57 Å². The Morgan fingerprint density at radius 1 is 0.941 bits per heavy atom. The van der Waals surface area contributed by atoms with Crippen molar-refractivity contribution >= 4 is 21.5 Å². The highest BCUT2D eigenvalue weighted by Crippen LogP contribution is 2.25. The molecular weight excluding hydrogens is 272 g/mol. The number of hydrogen-bond acceptors (Lipinski definition) is 0. The maximum absolute atomic E-state index is 3.47. The van der Waals surface area contributed by atoms with Crippen LogP contribution in [-0.2, 0) is 0 Å². The average Bonchev–Trinajstić information content (AvgIpc) is 2.38. The lowest BCUT2D eigenvalue weighted by Crippen LogP contribution is -1.87. The topological polar surface area (TPSA) is 0 Å². The predicted octanol–water partition coefficient (Wildman–Crippen LogP) is 5.29. The summed E-state index contributed by atoms with van der Waals surface area (Å²) in [5.41, 5.74) is 3.85. The maximum atomic E-state index is 3.47. The van der Waals surface area contributed by atoms with Gasteiger partial charge in [-0.1, -0.05) is 71.4 Å². The van der Waals surface area contributed by atoms with Gasteiger partial charge in [-0.2, -0.15) is 0 Å². The standard InChI is InChI=1S/C16H15Br/c1-2-6-16(13-7-4-3-5-8-13)14-9-11-15(17)12-10-14/h3-12H,2H2,1H3. The lowest BCUT2D eigenvalue weighted by molar-refractivity contribution is 1.22. The molecule has 17 heavy (non-hydrogen) atoms. The molecule has 2 aromatic rings. The van der Waals surface area contributed by atoms with E-state index in [4.69, 9.17) is 0 Å². The van der Waals surface area contributed by atoms with Gasteiger partial charge in [0.05, 0.1) is 0 Å². The molecule has 0 aliphatic heterocycles. The van der Waals surface area contributed by atoms with E-state index in [0.29, 0.717) is 0 Å². The normalized spacial score (nSPS) is 11.5. The summed E-state index contributed by atoms with van der Waals surface area (Å²) in [5, 5.41) is 0. The van der Waals surface area contributed by atoms with E-state index in [-0.39, 0.29) is 0 Å². The van der Waals surface area contributed by atoms with Crippen LogP contribution < -0.4 is 0 Å². The van der Waals surface area contributed by atoms with E-state index in [0.717, 1.165) is 10.9 Å². The van der Waals surface area contributed by atoms with Crippen molar-refractivity contribution in [3.8, 4) is 0 Å². The van der Waals surface area contributed by atoms with E-state index in [1.807, 2.05) is 0 Å². The molecule has 0 saturated heterocycles. The summed E-state index contributed by atoms with van der Waals surface area (Å²) < 4.78 is 1.12. The van der Waals surface area contributed by atoms with Crippen molar-refractivity contribution in [2.75, 3.05) is 0 Å². The van der Waals surface area contributed by atoms with Crippen molar-refractivity contribution in [2.45, 2.75) is 13.3 Å². The van der Waals surface area contributed by atoms with Crippen molar-refractivity contribution < 1.29 is 0 Å². The quantitative estimate of drug-likeness (QED) is 0.719. The van der Waals surface area contributed by atoms with Gasteiger partial charge in [-0.25, -0.2) is 0 Å². The fraction of sp³-hybridized carbons (Fsp3) is 0.125. The van der Waals surface area contributed by atoms with Gasteiger partial charge >= 0.3 is 0 Å². The molecule has 1 heteroatoms. The predicted molar refractivity (Wildman–Crippen MR) is 78.0 cm³/mol. The fourth-order valence-corrected chi connectivity index (χ4v) is 2.12. The summed E-state index contributed by atoms with van der Waals surface area (Å²) in [6, 6.07) is 19.0. The summed E-state index contributed by atoms with van der Waals surface area (Å²) in [5.74, 6) is 0. The molecule has 0 aliphatic rings. The minimum Gasteiger partial charge on any atom is -0.0763 e. The van der Waals surface area contributed by atoms with Crippen LogP contribution in [0.15, 0.2) is 65.1 Å². The molecule has 0 atom stereocenters. The Kier molecular flexibility index (Phi) is 4.16. The minimum atomic E-state index is 1.04. The zero-order valence-electron chi connectivity index (χ0n) is 9.86. The van der Waals surface area contributed by atoms with Gasteiger partial charge in [0, 0.05) is 4.47 Å². The molecular formula is C16H15Br. The summed E-state index contributed by atoms with van der Waals surface area (Å²) in [4.78, 5) is 0. The molecule has 2 aromatic carbocycles. The molecule has 0 heterocycles. The third kappa shape index (κ3) is 3.07. The van der Waals surface area contributed by atoms with Crippen LogP contribution >= 0.6 is 15.9 Å². The average molecular weight is 287 g/mol. The van der Waals surface area contributed by atoms with Crippen molar-refractivity contribution in [3.63, 3.8) is 0 Å². The van der Waals surface area contributed by atoms with Crippen LogP contribution in [0.2, 0.25) is 0 Å². The molecule has 0 radical (unpaired) electrons. The smallest absolute Gasteiger partial charge is 0.0175 e. The van der Waals surface area contributed by atoms with E-state index in [1.165, 1.54) is 16.7 Å². The third-order valence-electron chi connectivity index (χ3n) is 2.65. The van der Waals surface area contributed by atoms with Crippen molar-refractivity contribution in [2.24, 2.45) is 0 Å². The Hall–Kier alpha value is -1.34. The van der Waals surface area contributed by atoms with Gasteiger partial charge in [-0.15, -0.1) is 0 Å². The summed E-state index contributed by atoms with van der Waals surface area (Å²) in [6.45, 7) is 2.17. The minimum absolute atomic E-state index is 1.04. The molecule has 0 nitrogen and oxygen atoms in total. The lowest BCUT2D eigenvalue weighted by Gasteiger charge is -2.08. The zero-order valence-corrected chi connectivity index (χ0v) is 11.4. The first kappa shape index (κ1) is 12.1. The molecule has 0 bridgehead atoms. The van der Waals surface area contributed by atoms with Crippen LogP contribution in [0.1, 0.15) is 24.5 Å². The highest BCUT2D eigenvalue weighted by Gasteiger charge is 2.03. The van der Waals surface area contributed by atoms with E-state index in [2.05, 4.69) is 83.5 Å². The summed E-state index contributed by atoms with van der Waals surface area (Å²) in [7, 11) is 0. The van der Waals surface area contributed by atoms with Crippen molar-refractivity contribution in [1.29, 1.82) is 0 Å². The van der Waals surface area contributed by atoms with Crippen molar-refractivity contribution in [3.05, 3.63) is 76.3 Å². The molecule has 0 unspecified atom stereocenters. The van der Waals surface area contributed by atoms with Gasteiger partial charge in [-0.05, 0) is 35.3 Å². The van der Waals surface area contributed by atoms with E-state index >= 15 is 0 Å². The first-order chi connectivity index (χ1) is 8.31. The Morgan fingerprint density at radius 2 is 1.53 bits per heavy atom. The zero-order chi connectivity index (χ0) is 12.1. The van der Waals surface area contributed by atoms with Crippen LogP contribution in [0, 0.1) is 0 Å². The van der Waals surface area contributed by atoms with E-state index in [9.17, 15) is 0 Å². The van der Waals surface area contributed by atoms with Gasteiger partial charge in [0.1, 0.15) is 0 Å². The molecule has 0 N–H and O–H groups in total.